The highest BCUT2D eigenvalue weighted by Gasteiger charge is 2.55. The van der Waals surface area contributed by atoms with Crippen molar-refractivity contribution in [3.8, 4) is 0 Å². The van der Waals surface area contributed by atoms with Gasteiger partial charge in [-0.1, -0.05) is 12.8 Å². The Kier molecular flexibility index (Phi) is 7.09. The number of morpholine rings is 1. The first kappa shape index (κ1) is 24.1. The molecule has 36 heavy (non-hydrogen) atoms. The predicted octanol–water partition coefficient (Wildman–Crippen LogP) is 2.01. The average molecular weight is 494 g/mol. The molecule has 1 amide bonds. The number of carbonyl (C=O) groups is 2. The second-order valence-electron chi connectivity index (χ2n) is 11.2. The fourth-order valence-electron chi connectivity index (χ4n) is 7.16. The SMILES string of the molecule is O=C(NCCN1CCCC1)C1=CN2C3CCCCC3OC3C(NCc4ccncc4)CCC(C1=O)C32. The number of ether oxygens (including phenoxy) is 1. The largest absolute Gasteiger partial charge is 0.369 e. The number of rotatable bonds is 7. The molecule has 5 aliphatic rings. The van der Waals surface area contributed by atoms with Gasteiger partial charge in [0.15, 0.2) is 5.78 Å². The number of likely N-dealkylation sites (tertiary alicyclic amines) is 1. The Morgan fingerprint density at radius 2 is 1.86 bits per heavy atom. The van der Waals surface area contributed by atoms with Gasteiger partial charge >= 0.3 is 0 Å². The minimum Gasteiger partial charge on any atom is -0.369 e. The van der Waals surface area contributed by atoms with Crippen molar-refractivity contribution in [3.63, 3.8) is 0 Å². The van der Waals surface area contributed by atoms with E-state index in [0.717, 1.165) is 51.9 Å². The number of nitrogens with zero attached hydrogens (tertiary/aromatic N) is 3. The molecule has 2 saturated heterocycles. The van der Waals surface area contributed by atoms with Gasteiger partial charge in [-0.2, -0.15) is 0 Å². The number of hydrogen-bond donors (Lipinski definition) is 2. The first-order valence-corrected chi connectivity index (χ1v) is 14.0. The molecule has 8 heteroatoms. The molecule has 6 rings (SSSR count). The summed E-state index contributed by atoms with van der Waals surface area (Å²) in [6.45, 7) is 4.42. The number of fused-ring (bicyclic) bond motifs is 2. The highest BCUT2D eigenvalue weighted by atomic mass is 16.5. The van der Waals surface area contributed by atoms with Gasteiger partial charge < -0.3 is 25.2 Å². The van der Waals surface area contributed by atoms with Crippen LogP contribution in [0.4, 0.5) is 0 Å². The van der Waals surface area contributed by atoms with E-state index >= 15 is 0 Å². The summed E-state index contributed by atoms with van der Waals surface area (Å²) in [7, 11) is 0. The lowest BCUT2D eigenvalue weighted by Gasteiger charge is -2.58. The molecule has 4 fully saturated rings. The molecular weight excluding hydrogens is 454 g/mol. The summed E-state index contributed by atoms with van der Waals surface area (Å²) in [4.78, 5) is 35.7. The highest BCUT2D eigenvalue weighted by molar-refractivity contribution is 6.20. The second kappa shape index (κ2) is 10.6. The highest BCUT2D eigenvalue weighted by Crippen LogP contribution is 2.44. The number of ketones is 1. The van der Waals surface area contributed by atoms with Crippen LogP contribution in [0, 0.1) is 5.92 Å². The molecular formula is C28H39N5O3. The van der Waals surface area contributed by atoms with E-state index < -0.39 is 0 Å². The molecule has 0 spiro atoms. The Morgan fingerprint density at radius 3 is 2.69 bits per heavy atom. The van der Waals surface area contributed by atoms with Gasteiger partial charge in [0.25, 0.3) is 5.91 Å². The van der Waals surface area contributed by atoms with Crippen molar-refractivity contribution in [3.05, 3.63) is 41.9 Å². The number of nitrogens with one attached hydrogen (secondary N) is 2. The van der Waals surface area contributed by atoms with Crippen LogP contribution >= 0.6 is 0 Å². The third-order valence-corrected chi connectivity index (χ3v) is 9.02. The number of aromatic nitrogens is 1. The van der Waals surface area contributed by atoms with Crippen LogP contribution in [0.2, 0.25) is 0 Å². The standard InChI is InChI=1S/C28H39N5O3/c34-26-20-7-8-22(31-17-19-9-11-29-12-10-19)27-25(20)33(23-5-1-2-6-24(23)36-27)18-21(26)28(35)30-13-16-32-14-3-4-15-32/h9-12,18,20,22-25,27,31H,1-8,13-17H2,(H,30,35). The van der Waals surface area contributed by atoms with E-state index in [1.165, 1.54) is 31.2 Å². The summed E-state index contributed by atoms with van der Waals surface area (Å²) in [5.74, 6) is -0.377. The summed E-state index contributed by atoms with van der Waals surface area (Å²) >= 11 is 0. The molecule has 6 atom stereocenters. The Morgan fingerprint density at radius 1 is 1.06 bits per heavy atom. The molecule has 1 aromatic heterocycles. The lowest BCUT2D eigenvalue weighted by atomic mass is 9.70. The second-order valence-corrected chi connectivity index (χ2v) is 11.2. The van der Waals surface area contributed by atoms with Crippen molar-refractivity contribution < 1.29 is 14.3 Å². The topological polar surface area (TPSA) is 86.8 Å². The van der Waals surface area contributed by atoms with E-state index in [9.17, 15) is 9.59 Å². The van der Waals surface area contributed by atoms with E-state index in [1.54, 1.807) is 0 Å². The average Bonchev–Trinajstić information content (AvgIpc) is 3.43. The van der Waals surface area contributed by atoms with Gasteiger partial charge in [-0.15, -0.1) is 0 Å². The molecule has 2 saturated carbocycles. The lowest BCUT2D eigenvalue weighted by Crippen LogP contribution is -2.70. The molecule has 1 aromatic rings. The normalized spacial score (nSPS) is 34.1. The number of pyridine rings is 1. The molecule has 0 bridgehead atoms. The van der Waals surface area contributed by atoms with Gasteiger partial charge in [0.1, 0.15) is 0 Å². The van der Waals surface area contributed by atoms with E-state index in [2.05, 4.69) is 25.4 Å². The van der Waals surface area contributed by atoms with Crippen molar-refractivity contribution in [2.75, 3.05) is 26.2 Å². The Bertz CT molecular complexity index is 979. The summed E-state index contributed by atoms with van der Waals surface area (Å²) in [6, 6.07) is 4.50. The van der Waals surface area contributed by atoms with Crippen LogP contribution in [0.15, 0.2) is 36.3 Å². The van der Waals surface area contributed by atoms with Gasteiger partial charge in [0.2, 0.25) is 0 Å². The van der Waals surface area contributed by atoms with E-state index in [1.807, 2.05) is 30.7 Å². The van der Waals surface area contributed by atoms with Crippen molar-refractivity contribution in [1.29, 1.82) is 0 Å². The third kappa shape index (κ3) is 4.71. The van der Waals surface area contributed by atoms with Crippen LogP contribution in [0.1, 0.15) is 56.9 Å². The lowest BCUT2D eigenvalue weighted by molar-refractivity contribution is -0.188. The summed E-state index contributed by atoms with van der Waals surface area (Å²) < 4.78 is 6.79. The minimum atomic E-state index is -0.203. The molecule has 8 nitrogen and oxygen atoms in total. The van der Waals surface area contributed by atoms with Gasteiger partial charge in [-0.05, 0) is 69.3 Å². The molecule has 0 radical (unpaired) electrons. The van der Waals surface area contributed by atoms with E-state index in [4.69, 9.17) is 4.74 Å². The number of carbonyl (C=O) groups excluding carboxylic acids is 2. The summed E-state index contributed by atoms with van der Waals surface area (Å²) in [5, 5.41) is 6.78. The third-order valence-electron chi connectivity index (χ3n) is 9.02. The smallest absolute Gasteiger partial charge is 0.256 e. The zero-order valence-electron chi connectivity index (χ0n) is 21.1. The van der Waals surface area contributed by atoms with E-state index in [0.29, 0.717) is 12.1 Å². The van der Waals surface area contributed by atoms with Crippen LogP contribution in [0.5, 0.6) is 0 Å². The molecule has 0 aromatic carbocycles. The van der Waals surface area contributed by atoms with Crippen LogP contribution in [-0.2, 0) is 20.9 Å². The van der Waals surface area contributed by atoms with Gasteiger partial charge in [-0.3, -0.25) is 14.6 Å². The predicted molar refractivity (Wildman–Crippen MR) is 136 cm³/mol. The van der Waals surface area contributed by atoms with Crippen LogP contribution in [0.25, 0.3) is 0 Å². The maximum atomic E-state index is 13.6. The molecule has 2 N–H and O–H groups in total. The van der Waals surface area contributed by atoms with Crippen LogP contribution < -0.4 is 10.6 Å². The van der Waals surface area contributed by atoms with Gasteiger partial charge in [0, 0.05) is 50.2 Å². The maximum absolute atomic E-state index is 13.6. The van der Waals surface area contributed by atoms with Gasteiger partial charge in [-0.25, -0.2) is 0 Å². The van der Waals surface area contributed by atoms with Gasteiger partial charge in [0.05, 0.1) is 29.9 Å². The van der Waals surface area contributed by atoms with Crippen molar-refractivity contribution in [2.24, 2.45) is 5.92 Å². The van der Waals surface area contributed by atoms with E-state index in [-0.39, 0.29) is 47.9 Å². The van der Waals surface area contributed by atoms with Crippen LogP contribution in [-0.4, -0.2) is 83.0 Å². The number of Topliss-reactive ketones (excluding diaryl/α,β-unsaturated/α-hetero) is 1. The van der Waals surface area contributed by atoms with Crippen molar-refractivity contribution in [1.82, 2.24) is 25.4 Å². The molecule has 4 heterocycles. The first-order valence-electron chi connectivity index (χ1n) is 14.0. The minimum absolute atomic E-state index is 0.00156. The maximum Gasteiger partial charge on any atom is 0.256 e. The number of amides is 1. The molecule has 194 valence electrons. The zero-order chi connectivity index (χ0) is 24.5. The quantitative estimate of drug-likeness (QED) is 0.562. The first-order chi connectivity index (χ1) is 17.7. The van der Waals surface area contributed by atoms with Crippen LogP contribution in [0.3, 0.4) is 0 Å². The Balaban J connectivity index is 1.20. The Hall–Kier alpha value is -2.29. The molecule has 6 unspecified atom stereocenters. The molecule has 2 aliphatic carbocycles. The summed E-state index contributed by atoms with van der Waals surface area (Å²) in [5.41, 5.74) is 1.55. The monoisotopic (exact) mass is 493 g/mol. The zero-order valence-corrected chi connectivity index (χ0v) is 21.1. The molecule has 3 aliphatic heterocycles. The summed E-state index contributed by atoms with van der Waals surface area (Å²) in [6.07, 6.45) is 14.2. The van der Waals surface area contributed by atoms with Crippen molar-refractivity contribution in [2.45, 2.75) is 88.2 Å². The fourth-order valence-corrected chi connectivity index (χ4v) is 7.16. The fraction of sp³-hybridized carbons (Fsp3) is 0.679. The Labute approximate surface area is 213 Å². The number of hydrogen-bond acceptors (Lipinski definition) is 7. The van der Waals surface area contributed by atoms with Crippen molar-refractivity contribution >= 4 is 11.7 Å².